The number of carbonyl (C=O) groups is 2. The Morgan fingerprint density at radius 2 is 1.26 bits per heavy atom. The van der Waals surface area contributed by atoms with Gasteiger partial charge < -0.3 is 61.5 Å². The molecule has 12 N–H and O–H groups in total. The molecule has 0 aromatic heterocycles. The third-order valence-corrected chi connectivity index (χ3v) is 3.45. The van der Waals surface area contributed by atoms with Crippen molar-refractivity contribution in [2.24, 2.45) is 5.73 Å². The van der Waals surface area contributed by atoms with E-state index in [9.17, 15) is 19.8 Å². The van der Waals surface area contributed by atoms with Crippen LogP contribution >= 0.6 is 0 Å². The van der Waals surface area contributed by atoms with E-state index in [-0.39, 0.29) is 19.5 Å². The molecule has 1 rings (SSSR count). The van der Waals surface area contributed by atoms with E-state index in [4.69, 9.17) is 51.3 Å². The summed E-state index contributed by atoms with van der Waals surface area (Å²) in [6.45, 7) is -0.470. The van der Waals surface area contributed by atoms with Crippen LogP contribution in [0.4, 0.5) is 0 Å². The molecule has 1 aliphatic heterocycles. The first kappa shape index (κ1) is 28.4. The Kier molecular flexibility index (Phi) is 13.2. The van der Waals surface area contributed by atoms with Crippen LogP contribution < -0.4 is 5.73 Å². The molecule has 0 aromatic carbocycles. The number of hydrogen-bond donors (Lipinski definition) is 11. The van der Waals surface area contributed by atoms with Crippen molar-refractivity contribution < 1.29 is 84.9 Å². The molecule has 0 aromatic rings. The van der Waals surface area contributed by atoms with Gasteiger partial charge in [0.2, 0.25) is 0 Å². The average Bonchev–Trinajstić information content (AvgIpc) is 2.60. The summed E-state index contributed by atoms with van der Waals surface area (Å²) in [5.74, 6) is -3.68. The van der Waals surface area contributed by atoms with Gasteiger partial charge in [-0.25, -0.2) is 9.59 Å². The quantitative estimate of drug-likeness (QED) is 0.166. The van der Waals surface area contributed by atoms with Crippen molar-refractivity contribution in [3.05, 3.63) is 0 Å². The van der Waals surface area contributed by atoms with E-state index in [1.165, 1.54) is 0 Å². The average molecular weight is 455 g/mol. The molecule has 1 saturated heterocycles. The predicted molar refractivity (Wildman–Crippen MR) is 77.3 cm³/mol. The number of carboxylic acids is 2. The molecule has 1 aliphatic rings. The fraction of sp³-hybridized carbons (Fsp3) is 0.833. The molecule has 0 aliphatic carbocycles. The second kappa shape index (κ2) is 12.6. The Labute approximate surface area is 164 Å². The topological polar surface area (TPSA) is 272 Å². The largest absolute Gasteiger partial charge is 0.479 e. The van der Waals surface area contributed by atoms with Crippen molar-refractivity contribution >= 4 is 11.9 Å². The fourth-order valence-electron chi connectivity index (χ4n) is 1.78. The maximum absolute atomic E-state index is 10.1. The predicted octanol–water partition coefficient (Wildman–Crippen LogP) is -6.66. The minimum atomic E-state index is -2.36. The molecule has 5 unspecified atom stereocenters. The Morgan fingerprint density at radius 3 is 1.56 bits per heavy atom. The summed E-state index contributed by atoms with van der Waals surface area (Å²) in [6.07, 6.45) is -14.1. The van der Waals surface area contributed by atoms with Crippen LogP contribution in [0.3, 0.4) is 0 Å². The second-order valence-electron chi connectivity index (χ2n) is 5.35. The maximum Gasteiger partial charge on any atom is 0.335 e. The number of aliphatic hydroxyl groups is 8. The van der Waals surface area contributed by atoms with E-state index >= 15 is 0 Å². The van der Waals surface area contributed by atoms with Gasteiger partial charge in [0.05, 0.1) is 12.6 Å². The van der Waals surface area contributed by atoms with Gasteiger partial charge in [0.1, 0.15) is 30.5 Å². The summed E-state index contributed by atoms with van der Waals surface area (Å²) in [7, 11) is 0. The monoisotopic (exact) mass is 453 g/mol. The zero-order valence-corrected chi connectivity index (χ0v) is 16.9. The summed E-state index contributed by atoms with van der Waals surface area (Å²) >= 11 is 0. The molecule has 27 heavy (non-hydrogen) atoms. The van der Waals surface area contributed by atoms with E-state index in [2.05, 4.69) is 0 Å². The van der Waals surface area contributed by atoms with Crippen molar-refractivity contribution in [3.63, 3.8) is 0 Å². The number of carboxylic acid groups (broad SMARTS) is 2. The van der Waals surface area contributed by atoms with Gasteiger partial charge in [0.25, 0.3) is 0 Å². The Hall–Kier alpha value is -0.837. The standard InChI is InChI=1S/C6H13NO5.C6H10O8.Zn/c7-3-5(10)4(9)2(1-8)12-6(3)11;7-1(3(9)5(11)12)2(8)4(10)6(13)14;/h2-6,8-11H,1,7H2;1-4,7-10H,(H,11,12)(H,13,14);/t2-,3-,4-,5-,6?;;/m1../s1. The first-order valence-corrected chi connectivity index (χ1v) is 7.10. The van der Waals surface area contributed by atoms with Crippen LogP contribution in [-0.4, -0.2) is 125 Å². The number of aliphatic carboxylic acids is 2. The zero-order valence-electron chi connectivity index (χ0n) is 13.9. The first-order valence-electron chi connectivity index (χ1n) is 7.10. The third kappa shape index (κ3) is 7.97. The normalized spacial score (nSPS) is 32.0. The second-order valence-corrected chi connectivity index (χ2v) is 5.35. The third-order valence-electron chi connectivity index (χ3n) is 3.45. The molecule has 0 spiro atoms. The van der Waals surface area contributed by atoms with Crippen molar-refractivity contribution in [2.75, 3.05) is 6.61 Å². The van der Waals surface area contributed by atoms with Gasteiger partial charge in [0.15, 0.2) is 18.5 Å². The minimum Gasteiger partial charge on any atom is -0.479 e. The summed E-state index contributed by atoms with van der Waals surface area (Å²) in [4.78, 5) is 20.2. The molecule has 14 nitrogen and oxygen atoms in total. The molecule has 15 heteroatoms. The number of rotatable bonds is 6. The van der Waals surface area contributed by atoms with Gasteiger partial charge in [-0.2, -0.15) is 0 Å². The fourth-order valence-corrected chi connectivity index (χ4v) is 1.78. The first-order chi connectivity index (χ1) is 11.9. The molecule has 0 amide bonds. The summed E-state index contributed by atoms with van der Waals surface area (Å²) in [6, 6.07) is -1.04. The molecular formula is C12H23NO13Zn. The smallest absolute Gasteiger partial charge is 0.335 e. The summed E-state index contributed by atoms with van der Waals surface area (Å²) < 4.78 is 4.70. The Balaban J connectivity index is 0. The van der Waals surface area contributed by atoms with Crippen molar-refractivity contribution in [1.29, 1.82) is 0 Å². The van der Waals surface area contributed by atoms with Crippen LogP contribution in [0.2, 0.25) is 0 Å². The number of aliphatic hydroxyl groups excluding tert-OH is 8. The van der Waals surface area contributed by atoms with Gasteiger partial charge in [-0.3, -0.25) is 0 Å². The Morgan fingerprint density at radius 1 is 0.889 bits per heavy atom. The van der Waals surface area contributed by atoms with Gasteiger partial charge in [-0.15, -0.1) is 0 Å². The van der Waals surface area contributed by atoms with Crippen LogP contribution in [-0.2, 0) is 33.8 Å². The van der Waals surface area contributed by atoms with Gasteiger partial charge in [-0.1, -0.05) is 0 Å². The van der Waals surface area contributed by atoms with E-state index in [0.29, 0.717) is 0 Å². The van der Waals surface area contributed by atoms with E-state index < -0.39 is 73.6 Å². The van der Waals surface area contributed by atoms with Gasteiger partial charge in [0, 0.05) is 19.5 Å². The maximum atomic E-state index is 10.1. The van der Waals surface area contributed by atoms with Crippen molar-refractivity contribution in [2.45, 2.75) is 55.1 Å². The van der Waals surface area contributed by atoms with E-state index in [0.717, 1.165) is 0 Å². The molecule has 0 saturated carbocycles. The number of ether oxygens (including phenoxy) is 1. The van der Waals surface area contributed by atoms with Crippen molar-refractivity contribution in [3.8, 4) is 0 Å². The zero-order chi connectivity index (χ0) is 20.8. The molecule has 0 radical (unpaired) electrons. The van der Waals surface area contributed by atoms with Gasteiger partial charge in [-0.05, 0) is 0 Å². The number of nitrogens with two attached hydrogens (primary N) is 1. The molecule has 9 atom stereocenters. The van der Waals surface area contributed by atoms with Crippen LogP contribution in [0.25, 0.3) is 0 Å². The van der Waals surface area contributed by atoms with Crippen LogP contribution in [0.5, 0.6) is 0 Å². The van der Waals surface area contributed by atoms with E-state index in [1.807, 2.05) is 0 Å². The minimum absolute atomic E-state index is 0. The SMILES string of the molecule is N[C@H]1C(O)O[C@H](CO)[C@@H](O)[C@@H]1O.O=C(O)C(O)C(O)C(O)C(O)C(=O)O.[Zn]. The molecular weight excluding hydrogens is 432 g/mol. The van der Waals surface area contributed by atoms with Crippen molar-refractivity contribution in [1.82, 2.24) is 0 Å². The number of hydrogen-bond acceptors (Lipinski definition) is 12. The molecule has 156 valence electrons. The van der Waals surface area contributed by atoms with Gasteiger partial charge >= 0.3 is 11.9 Å². The van der Waals surface area contributed by atoms with Crippen LogP contribution in [0.15, 0.2) is 0 Å². The Bertz CT molecular complexity index is 440. The molecule has 1 heterocycles. The molecule has 0 bridgehead atoms. The summed E-state index contributed by atoms with van der Waals surface area (Å²) in [5, 5.41) is 87.5. The van der Waals surface area contributed by atoms with Crippen LogP contribution in [0.1, 0.15) is 0 Å². The van der Waals surface area contributed by atoms with Crippen LogP contribution in [0, 0.1) is 0 Å². The van der Waals surface area contributed by atoms with E-state index in [1.54, 1.807) is 0 Å². The summed E-state index contributed by atoms with van der Waals surface area (Å²) in [5.41, 5.74) is 5.26. The molecule has 1 fully saturated rings.